The zero-order valence-electron chi connectivity index (χ0n) is 12.6. The number of esters is 1. The molecule has 0 saturated carbocycles. The second kappa shape index (κ2) is 7.48. The predicted molar refractivity (Wildman–Crippen MR) is 85.6 cm³/mol. The Balaban J connectivity index is 1.75. The summed E-state index contributed by atoms with van der Waals surface area (Å²) in [5.41, 5.74) is 3.32. The molecular formula is C18H21NO2. The molecule has 2 aromatic carbocycles. The fraction of sp³-hybridized carbons (Fsp3) is 0.278. The molecule has 0 radical (unpaired) electrons. The van der Waals surface area contributed by atoms with E-state index in [1.165, 1.54) is 11.3 Å². The van der Waals surface area contributed by atoms with E-state index in [2.05, 4.69) is 29.2 Å². The van der Waals surface area contributed by atoms with Crippen LogP contribution in [-0.2, 0) is 22.4 Å². The molecule has 2 rings (SSSR count). The van der Waals surface area contributed by atoms with Crippen LogP contribution < -0.4 is 4.90 Å². The van der Waals surface area contributed by atoms with Crippen LogP contribution in [0.3, 0.4) is 0 Å². The van der Waals surface area contributed by atoms with Crippen LogP contribution in [0, 0.1) is 0 Å². The Hall–Kier alpha value is -2.29. The highest BCUT2D eigenvalue weighted by Crippen LogP contribution is 2.12. The third-order valence-electron chi connectivity index (χ3n) is 3.30. The summed E-state index contributed by atoms with van der Waals surface area (Å²) >= 11 is 0. The van der Waals surface area contributed by atoms with Crippen LogP contribution in [0.1, 0.15) is 11.1 Å². The highest BCUT2D eigenvalue weighted by molar-refractivity contribution is 5.72. The molecule has 0 atom stereocenters. The highest BCUT2D eigenvalue weighted by atomic mass is 16.5. The van der Waals surface area contributed by atoms with E-state index in [1.807, 2.05) is 44.4 Å². The topological polar surface area (TPSA) is 29.5 Å². The Kier molecular flexibility index (Phi) is 5.38. The zero-order chi connectivity index (χ0) is 15.1. The Bertz CT molecular complexity index is 562. The molecule has 110 valence electrons. The summed E-state index contributed by atoms with van der Waals surface area (Å²) in [6.45, 7) is 0.424. The lowest BCUT2D eigenvalue weighted by molar-refractivity contribution is -0.142. The van der Waals surface area contributed by atoms with Gasteiger partial charge in [0.2, 0.25) is 0 Å². The molecule has 0 N–H and O–H groups in total. The number of hydrogen-bond acceptors (Lipinski definition) is 3. The molecule has 0 heterocycles. The Labute approximate surface area is 126 Å². The molecule has 0 unspecified atom stereocenters. The smallest absolute Gasteiger partial charge is 0.310 e. The number of hydrogen-bond donors (Lipinski definition) is 0. The fourth-order valence-corrected chi connectivity index (χ4v) is 2.06. The molecule has 0 amide bonds. The van der Waals surface area contributed by atoms with Gasteiger partial charge in [-0.1, -0.05) is 42.5 Å². The normalized spacial score (nSPS) is 10.2. The van der Waals surface area contributed by atoms with Gasteiger partial charge in [-0.05, 0) is 23.3 Å². The molecule has 0 aromatic heterocycles. The summed E-state index contributed by atoms with van der Waals surface area (Å²) in [5, 5.41) is 0. The van der Waals surface area contributed by atoms with E-state index in [0.29, 0.717) is 13.0 Å². The third kappa shape index (κ3) is 4.95. The van der Waals surface area contributed by atoms with Gasteiger partial charge in [0.25, 0.3) is 0 Å². The highest BCUT2D eigenvalue weighted by Gasteiger charge is 2.04. The molecule has 0 saturated heterocycles. The quantitative estimate of drug-likeness (QED) is 0.763. The minimum absolute atomic E-state index is 0.175. The van der Waals surface area contributed by atoms with Crippen molar-refractivity contribution < 1.29 is 9.53 Å². The van der Waals surface area contributed by atoms with Crippen LogP contribution in [0.2, 0.25) is 0 Å². The first-order valence-corrected chi connectivity index (χ1v) is 7.11. The number of ether oxygens (including phenoxy) is 1. The van der Waals surface area contributed by atoms with Crippen molar-refractivity contribution in [3.05, 3.63) is 65.7 Å². The van der Waals surface area contributed by atoms with Crippen molar-refractivity contribution in [2.24, 2.45) is 0 Å². The average molecular weight is 283 g/mol. The lowest BCUT2D eigenvalue weighted by Gasteiger charge is -2.12. The fourth-order valence-electron chi connectivity index (χ4n) is 2.06. The van der Waals surface area contributed by atoms with Gasteiger partial charge >= 0.3 is 5.97 Å². The van der Waals surface area contributed by atoms with Crippen LogP contribution in [0.25, 0.3) is 0 Å². The largest absolute Gasteiger partial charge is 0.465 e. The molecule has 2 aromatic rings. The third-order valence-corrected chi connectivity index (χ3v) is 3.30. The van der Waals surface area contributed by atoms with Crippen LogP contribution in [0.15, 0.2) is 54.6 Å². The monoisotopic (exact) mass is 283 g/mol. The SMILES string of the molecule is CN(C)c1ccc(CCOC(=O)Cc2ccccc2)cc1. The standard InChI is InChI=1S/C18H21NO2/c1-19(2)17-10-8-15(9-11-17)12-13-21-18(20)14-16-6-4-3-5-7-16/h3-11H,12-14H2,1-2H3. The lowest BCUT2D eigenvalue weighted by Crippen LogP contribution is -2.11. The molecule has 0 aliphatic rings. The molecule has 3 nitrogen and oxygen atoms in total. The maximum atomic E-state index is 11.7. The van der Waals surface area contributed by atoms with Gasteiger partial charge in [0.05, 0.1) is 13.0 Å². The zero-order valence-corrected chi connectivity index (χ0v) is 12.6. The Morgan fingerprint density at radius 2 is 1.62 bits per heavy atom. The van der Waals surface area contributed by atoms with E-state index in [4.69, 9.17) is 4.74 Å². The molecule has 21 heavy (non-hydrogen) atoms. The second-order valence-corrected chi connectivity index (χ2v) is 5.19. The first-order chi connectivity index (χ1) is 10.1. The second-order valence-electron chi connectivity index (χ2n) is 5.19. The van der Waals surface area contributed by atoms with Gasteiger partial charge in [0.1, 0.15) is 0 Å². The molecular weight excluding hydrogens is 262 g/mol. The molecule has 3 heteroatoms. The van der Waals surface area contributed by atoms with Gasteiger partial charge in [-0.15, -0.1) is 0 Å². The van der Waals surface area contributed by atoms with E-state index in [9.17, 15) is 4.79 Å². The van der Waals surface area contributed by atoms with Crippen molar-refractivity contribution in [2.45, 2.75) is 12.8 Å². The van der Waals surface area contributed by atoms with E-state index in [-0.39, 0.29) is 5.97 Å². The van der Waals surface area contributed by atoms with Gasteiger partial charge in [0, 0.05) is 26.2 Å². The summed E-state index contributed by atoms with van der Waals surface area (Å²) in [7, 11) is 4.03. The predicted octanol–water partition coefficient (Wildman–Crippen LogP) is 3.08. The Morgan fingerprint density at radius 1 is 0.952 bits per heavy atom. The van der Waals surface area contributed by atoms with Gasteiger partial charge in [-0.2, -0.15) is 0 Å². The van der Waals surface area contributed by atoms with Crippen LogP contribution in [-0.4, -0.2) is 26.7 Å². The van der Waals surface area contributed by atoms with Gasteiger partial charge in [-0.3, -0.25) is 4.79 Å². The van der Waals surface area contributed by atoms with Crippen LogP contribution in [0.5, 0.6) is 0 Å². The lowest BCUT2D eigenvalue weighted by atomic mass is 10.1. The van der Waals surface area contributed by atoms with Gasteiger partial charge in [-0.25, -0.2) is 0 Å². The molecule has 0 fully saturated rings. The van der Waals surface area contributed by atoms with E-state index in [0.717, 1.165) is 12.0 Å². The van der Waals surface area contributed by atoms with Crippen molar-refractivity contribution in [1.29, 1.82) is 0 Å². The van der Waals surface area contributed by atoms with Crippen LogP contribution in [0.4, 0.5) is 5.69 Å². The molecule has 0 bridgehead atoms. The first kappa shape index (κ1) is 15.1. The summed E-state index contributed by atoms with van der Waals surface area (Å²) in [4.78, 5) is 13.8. The molecule has 0 spiro atoms. The summed E-state index contributed by atoms with van der Waals surface area (Å²) in [6, 6.07) is 17.9. The minimum Gasteiger partial charge on any atom is -0.465 e. The van der Waals surface area contributed by atoms with Gasteiger partial charge < -0.3 is 9.64 Å². The maximum Gasteiger partial charge on any atom is 0.310 e. The summed E-state index contributed by atoms with van der Waals surface area (Å²) in [6.07, 6.45) is 1.08. The van der Waals surface area contributed by atoms with E-state index in [1.54, 1.807) is 0 Å². The van der Waals surface area contributed by atoms with Gasteiger partial charge in [0.15, 0.2) is 0 Å². The number of benzene rings is 2. The van der Waals surface area contributed by atoms with Crippen molar-refractivity contribution in [3.63, 3.8) is 0 Å². The number of carbonyl (C=O) groups is 1. The van der Waals surface area contributed by atoms with Crippen molar-refractivity contribution in [3.8, 4) is 0 Å². The minimum atomic E-state index is -0.175. The van der Waals surface area contributed by atoms with E-state index < -0.39 is 0 Å². The van der Waals surface area contributed by atoms with Crippen molar-refractivity contribution in [1.82, 2.24) is 0 Å². The van der Waals surface area contributed by atoms with Crippen molar-refractivity contribution >= 4 is 11.7 Å². The summed E-state index contributed by atoms with van der Waals surface area (Å²) in [5.74, 6) is -0.175. The van der Waals surface area contributed by atoms with Crippen molar-refractivity contribution in [2.75, 3.05) is 25.6 Å². The number of nitrogens with zero attached hydrogens (tertiary/aromatic N) is 1. The maximum absolute atomic E-state index is 11.7. The molecule has 0 aliphatic heterocycles. The van der Waals surface area contributed by atoms with Crippen LogP contribution >= 0.6 is 0 Å². The molecule has 0 aliphatic carbocycles. The average Bonchev–Trinajstić information content (AvgIpc) is 2.49. The Morgan fingerprint density at radius 3 is 2.24 bits per heavy atom. The number of anilines is 1. The first-order valence-electron chi connectivity index (χ1n) is 7.11. The number of rotatable bonds is 6. The van der Waals surface area contributed by atoms with E-state index >= 15 is 0 Å². The summed E-state index contributed by atoms with van der Waals surface area (Å²) < 4.78 is 5.28. The number of carbonyl (C=O) groups excluding carboxylic acids is 1.